The SMILES string of the molecule is COc1cccc(C(N)c2ccc(F)cc2Cl)c1. The predicted octanol–water partition coefficient (Wildman–Crippen LogP) is 3.54. The number of rotatable bonds is 3. The van der Waals surface area contributed by atoms with Gasteiger partial charge in [-0.15, -0.1) is 0 Å². The molecule has 0 bridgehead atoms. The molecule has 2 aromatic rings. The molecule has 1 atom stereocenters. The minimum absolute atomic E-state index is 0.324. The van der Waals surface area contributed by atoms with Gasteiger partial charge in [0.25, 0.3) is 0 Å². The Kier molecular flexibility index (Phi) is 3.84. The van der Waals surface area contributed by atoms with E-state index in [-0.39, 0.29) is 5.82 Å². The average Bonchev–Trinajstić information content (AvgIpc) is 2.38. The Bertz CT molecular complexity index is 559. The molecule has 1 unspecified atom stereocenters. The lowest BCUT2D eigenvalue weighted by Gasteiger charge is -2.15. The molecule has 2 rings (SSSR count). The maximum Gasteiger partial charge on any atom is 0.124 e. The molecule has 0 saturated carbocycles. The highest BCUT2D eigenvalue weighted by Gasteiger charge is 2.13. The molecular weight excluding hydrogens is 253 g/mol. The van der Waals surface area contributed by atoms with Crippen molar-refractivity contribution in [1.29, 1.82) is 0 Å². The zero-order valence-corrected chi connectivity index (χ0v) is 10.6. The molecule has 0 heterocycles. The van der Waals surface area contributed by atoms with E-state index >= 15 is 0 Å². The first kappa shape index (κ1) is 12.9. The Hall–Kier alpha value is -1.58. The zero-order valence-electron chi connectivity index (χ0n) is 9.86. The minimum Gasteiger partial charge on any atom is -0.497 e. The second-order valence-electron chi connectivity index (χ2n) is 3.92. The van der Waals surface area contributed by atoms with Crippen molar-refractivity contribution in [3.05, 3.63) is 64.4 Å². The highest BCUT2D eigenvalue weighted by Crippen LogP contribution is 2.28. The first-order chi connectivity index (χ1) is 8.61. The Morgan fingerprint density at radius 3 is 2.67 bits per heavy atom. The third-order valence-corrected chi connectivity index (χ3v) is 3.08. The summed E-state index contributed by atoms with van der Waals surface area (Å²) < 4.78 is 18.1. The standard InChI is InChI=1S/C14H13ClFNO/c1-18-11-4-2-3-9(7-11)14(17)12-6-5-10(16)8-13(12)15/h2-8,14H,17H2,1H3. The summed E-state index contributed by atoms with van der Waals surface area (Å²) >= 11 is 6.00. The molecule has 2 nitrogen and oxygen atoms in total. The van der Waals surface area contributed by atoms with Gasteiger partial charge in [-0.05, 0) is 35.4 Å². The van der Waals surface area contributed by atoms with Crippen LogP contribution in [0.2, 0.25) is 5.02 Å². The smallest absolute Gasteiger partial charge is 0.124 e. The van der Waals surface area contributed by atoms with Crippen LogP contribution in [0.3, 0.4) is 0 Å². The molecule has 0 saturated heterocycles. The fourth-order valence-electron chi connectivity index (χ4n) is 1.77. The summed E-state index contributed by atoms with van der Waals surface area (Å²) in [6, 6.07) is 11.2. The maximum absolute atomic E-state index is 13.0. The van der Waals surface area contributed by atoms with Crippen molar-refractivity contribution in [3.63, 3.8) is 0 Å². The van der Waals surface area contributed by atoms with E-state index in [4.69, 9.17) is 22.1 Å². The van der Waals surface area contributed by atoms with Crippen LogP contribution in [-0.4, -0.2) is 7.11 Å². The Morgan fingerprint density at radius 2 is 2.00 bits per heavy atom. The monoisotopic (exact) mass is 265 g/mol. The van der Waals surface area contributed by atoms with Crippen LogP contribution >= 0.6 is 11.6 Å². The summed E-state index contributed by atoms with van der Waals surface area (Å²) in [5, 5.41) is 0.324. The summed E-state index contributed by atoms with van der Waals surface area (Å²) in [6.45, 7) is 0. The molecule has 0 radical (unpaired) electrons. The lowest BCUT2D eigenvalue weighted by atomic mass is 9.99. The Labute approximate surface area is 110 Å². The molecule has 0 spiro atoms. The topological polar surface area (TPSA) is 35.2 Å². The van der Waals surface area contributed by atoms with Crippen molar-refractivity contribution in [2.45, 2.75) is 6.04 Å². The van der Waals surface area contributed by atoms with Crippen molar-refractivity contribution < 1.29 is 9.13 Å². The Morgan fingerprint density at radius 1 is 1.22 bits per heavy atom. The second kappa shape index (κ2) is 5.38. The molecule has 94 valence electrons. The Balaban J connectivity index is 2.37. The molecule has 0 aliphatic heterocycles. The van der Waals surface area contributed by atoms with E-state index < -0.39 is 6.04 Å². The molecule has 4 heteroatoms. The number of methoxy groups -OCH3 is 1. The van der Waals surface area contributed by atoms with Gasteiger partial charge in [0.15, 0.2) is 0 Å². The number of hydrogen-bond donors (Lipinski definition) is 1. The molecule has 18 heavy (non-hydrogen) atoms. The van der Waals surface area contributed by atoms with E-state index in [2.05, 4.69) is 0 Å². The van der Waals surface area contributed by atoms with Crippen LogP contribution in [0.15, 0.2) is 42.5 Å². The quantitative estimate of drug-likeness (QED) is 0.921. The van der Waals surface area contributed by atoms with Crippen molar-refractivity contribution in [2.24, 2.45) is 5.73 Å². The molecule has 0 aromatic heterocycles. The van der Waals surface area contributed by atoms with Crippen LogP contribution in [0, 0.1) is 5.82 Å². The summed E-state index contributed by atoms with van der Waals surface area (Å²) in [5.41, 5.74) is 7.68. The van der Waals surface area contributed by atoms with E-state index in [9.17, 15) is 4.39 Å². The van der Waals surface area contributed by atoms with Crippen LogP contribution in [0.25, 0.3) is 0 Å². The number of nitrogens with two attached hydrogens (primary N) is 1. The maximum atomic E-state index is 13.0. The first-order valence-electron chi connectivity index (χ1n) is 5.46. The van der Waals surface area contributed by atoms with Crippen LogP contribution in [-0.2, 0) is 0 Å². The highest BCUT2D eigenvalue weighted by atomic mass is 35.5. The molecule has 0 aliphatic rings. The minimum atomic E-state index is -0.409. The number of benzene rings is 2. The lowest BCUT2D eigenvalue weighted by molar-refractivity contribution is 0.414. The number of halogens is 2. The van der Waals surface area contributed by atoms with Gasteiger partial charge in [-0.1, -0.05) is 29.8 Å². The average molecular weight is 266 g/mol. The van der Waals surface area contributed by atoms with Gasteiger partial charge in [0.05, 0.1) is 13.2 Å². The van der Waals surface area contributed by atoms with Gasteiger partial charge in [-0.25, -0.2) is 4.39 Å². The predicted molar refractivity (Wildman–Crippen MR) is 70.4 cm³/mol. The molecule has 0 fully saturated rings. The van der Waals surface area contributed by atoms with Gasteiger partial charge in [-0.2, -0.15) is 0 Å². The number of ether oxygens (including phenoxy) is 1. The van der Waals surface area contributed by atoms with Crippen molar-refractivity contribution in [3.8, 4) is 5.75 Å². The van der Waals surface area contributed by atoms with Gasteiger partial charge in [0.1, 0.15) is 11.6 Å². The second-order valence-corrected chi connectivity index (χ2v) is 4.33. The van der Waals surface area contributed by atoms with Gasteiger partial charge in [0, 0.05) is 5.02 Å². The number of hydrogen-bond acceptors (Lipinski definition) is 2. The molecule has 2 N–H and O–H groups in total. The van der Waals surface area contributed by atoms with Crippen molar-refractivity contribution >= 4 is 11.6 Å². The molecule has 2 aromatic carbocycles. The fraction of sp³-hybridized carbons (Fsp3) is 0.143. The van der Waals surface area contributed by atoms with Gasteiger partial charge < -0.3 is 10.5 Å². The van der Waals surface area contributed by atoms with Crippen molar-refractivity contribution in [2.75, 3.05) is 7.11 Å². The molecule has 0 aliphatic carbocycles. The zero-order chi connectivity index (χ0) is 13.1. The van der Waals surface area contributed by atoms with Crippen LogP contribution < -0.4 is 10.5 Å². The van der Waals surface area contributed by atoms with Crippen LogP contribution in [0.1, 0.15) is 17.2 Å². The summed E-state index contributed by atoms with van der Waals surface area (Å²) in [5.74, 6) is 0.350. The van der Waals surface area contributed by atoms with Crippen molar-refractivity contribution in [1.82, 2.24) is 0 Å². The lowest BCUT2D eigenvalue weighted by Crippen LogP contribution is -2.12. The highest BCUT2D eigenvalue weighted by molar-refractivity contribution is 6.31. The van der Waals surface area contributed by atoms with E-state index in [1.807, 2.05) is 24.3 Å². The summed E-state index contributed by atoms with van der Waals surface area (Å²) in [4.78, 5) is 0. The fourth-order valence-corrected chi connectivity index (χ4v) is 2.05. The van der Waals surface area contributed by atoms with E-state index in [1.54, 1.807) is 13.2 Å². The third kappa shape index (κ3) is 2.63. The van der Waals surface area contributed by atoms with Crippen LogP contribution in [0.4, 0.5) is 4.39 Å². The molecular formula is C14H13ClFNO. The van der Waals surface area contributed by atoms with Gasteiger partial charge in [0.2, 0.25) is 0 Å². The van der Waals surface area contributed by atoms with E-state index in [0.717, 1.165) is 11.3 Å². The third-order valence-electron chi connectivity index (χ3n) is 2.75. The van der Waals surface area contributed by atoms with Gasteiger partial charge >= 0.3 is 0 Å². The first-order valence-corrected chi connectivity index (χ1v) is 5.84. The summed E-state index contributed by atoms with van der Waals surface area (Å²) in [6.07, 6.45) is 0. The van der Waals surface area contributed by atoms with Gasteiger partial charge in [-0.3, -0.25) is 0 Å². The molecule has 0 amide bonds. The largest absolute Gasteiger partial charge is 0.497 e. The summed E-state index contributed by atoms with van der Waals surface area (Å²) in [7, 11) is 1.59. The normalized spacial score (nSPS) is 12.2. The van der Waals surface area contributed by atoms with Crippen LogP contribution in [0.5, 0.6) is 5.75 Å². The van der Waals surface area contributed by atoms with E-state index in [0.29, 0.717) is 10.6 Å². The van der Waals surface area contributed by atoms with E-state index in [1.165, 1.54) is 12.1 Å².